The van der Waals surface area contributed by atoms with Gasteiger partial charge in [-0.1, -0.05) is 6.92 Å². The minimum absolute atomic E-state index is 0.0188. The highest BCUT2D eigenvalue weighted by Crippen LogP contribution is 2.35. The molecule has 1 heterocycles. The van der Waals surface area contributed by atoms with Crippen LogP contribution in [-0.4, -0.2) is 40.2 Å². The van der Waals surface area contributed by atoms with E-state index in [1.54, 1.807) is 0 Å². The molecule has 0 amide bonds. The van der Waals surface area contributed by atoms with Gasteiger partial charge in [0.05, 0.1) is 11.8 Å². The summed E-state index contributed by atoms with van der Waals surface area (Å²) in [7, 11) is -2.99. The van der Waals surface area contributed by atoms with Crippen LogP contribution in [-0.2, 0) is 9.84 Å². The molecule has 5 nitrogen and oxygen atoms in total. The number of nitrogens with one attached hydrogen (secondary N) is 1. The van der Waals surface area contributed by atoms with E-state index in [9.17, 15) is 8.42 Å². The van der Waals surface area contributed by atoms with Crippen LogP contribution >= 0.6 is 0 Å². The molecule has 0 aliphatic carbocycles. The van der Waals surface area contributed by atoms with Gasteiger partial charge in [-0.05, 0) is 18.7 Å². The van der Waals surface area contributed by atoms with E-state index < -0.39 is 9.84 Å². The lowest BCUT2D eigenvalue weighted by atomic mass is 10.1. The molecule has 1 aromatic carbocycles. The Hall–Kier alpha value is -1.27. The summed E-state index contributed by atoms with van der Waals surface area (Å²) in [5.74, 6) is 1.47. The highest BCUT2D eigenvalue weighted by molar-refractivity contribution is 7.90. The van der Waals surface area contributed by atoms with Gasteiger partial charge in [0.25, 0.3) is 0 Å². The molecular weight excluding hydrogens is 266 g/mol. The van der Waals surface area contributed by atoms with E-state index in [0.29, 0.717) is 12.4 Å². The van der Waals surface area contributed by atoms with Gasteiger partial charge in [0.2, 0.25) is 0 Å². The Balaban J connectivity index is 1.99. The standard InChI is InChI=1S/C13H19NO4S/c1-3-14-12-9-18-13-8-10(4-5-11(12)13)17-6-7-19(2,15)16/h4-5,8,12,14H,3,6-7,9H2,1-2H3. The van der Waals surface area contributed by atoms with Crippen molar-refractivity contribution in [1.82, 2.24) is 5.32 Å². The average molecular weight is 285 g/mol. The fourth-order valence-corrected chi connectivity index (χ4v) is 2.39. The Morgan fingerprint density at radius 3 is 2.95 bits per heavy atom. The van der Waals surface area contributed by atoms with Crippen molar-refractivity contribution in [2.45, 2.75) is 13.0 Å². The number of sulfone groups is 1. The molecule has 0 bridgehead atoms. The molecule has 1 unspecified atom stereocenters. The van der Waals surface area contributed by atoms with E-state index in [0.717, 1.165) is 17.9 Å². The highest BCUT2D eigenvalue weighted by atomic mass is 32.2. The largest absolute Gasteiger partial charge is 0.492 e. The van der Waals surface area contributed by atoms with Crippen LogP contribution in [0.2, 0.25) is 0 Å². The van der Waals surface area contributed by atoms with Crippen molar-refractivity contribution in [3.63, 3.8) is 0 Å². The Morgan fingerprint density at radius 2 is 2.26 bits per heavy atom. The summed E-state index contributed by atoms with van der Waals surface area (Å²) in [6.45, 7) is 3.73. The maximum absolute atomic E-state index is 11.0. The number of ether oxygens (including phenoxy) is 2. The minimum Gasteiger partial charge on any atom is -0.492 e. The van der Waals surface area contributed by atoms with E-state index in [2.05, 4.69) is 12.2 Å². The predicted octanol–water partition coefficient (Wildman–Crippen LogP) is 1.15. The Bertz CT molecular complexity index is 542. The predicted molar refractivity (Wildman–Crippen MR) is 73.6 cm³/mol. The molecule has 1 aliphatic rings. The molecule has 1 aromatic rings. The van der Waals surface area contributed by atoms with Gasteiger partial charge in [-0.15, -0.1) is 0 Å². The third kappa shape index (κ3) is 3.84. The van der Waals surface area contributed by atoms with Crippen LogP contribution in [0, 0.1) is 0 Å². The van der Waals surface area contributed by atoms with Crippen molar-refractivity contribution in [1.29, 1.82) is 0 Å². The summed E-state index contributed by atoms with van der Waals surface area (Å²) in [5.41, 5.74) is 1.12. The molecule has 1 aliphatic heterocycles. The maximum atomic E-state index is 11.0. The topological polar surface area (TPSA) is 64.6 Å². The number of benzene rings is 1. The van der Waals surface area contributed by atoms with E-state index in [4.69, 9.17) is 9.47 Å². The summed E-state index contributed by atoms with van der Waals surface area (Å²) >= 11 is 0. The number of rotatable bonds is 6. The molecule has 1 atom stereocenters. The summed E-state index contributed by atoms with van der Waals surface area (Å²) in [6.07, 6.45) is 1.20. The Labute approximate surface area is 113 Å². The second kappa shape index (κ2) is 5.79. The number of hydrogen-bond donors (Lipinski definition) is 1. The number of fused-ring (bicyclic) bond motifs is 1. The van der Waals surface area contributed by atoms with Crippen molar-refractivity contribution in [3.05, 3.63) is 23.8 Å². The molecule has 0 fully saturated rings. The van der Waals surface area contributed by atoms with Crippen molar-refractivity contribution >= 4 is 9.84 Å². The number of likely N-dealkylation sites (N-methyl/N-ethyl adjacent to an activating group) is 1. The van der Waals surface area contributed by atoms with Crippen molar-refractivity contribution in [2.75, 3.05) is 31.8 Å². The average Bonchev–Trinajstić information content (AvgIpc) is 2.71. The van der Waals surface area contributed by atoms with Crippen LogP contribution in [0.3, 0.4) is 0 Å². The molecule has 106 valence electrons. The normalized spacial score (nSPS) is 17.9. The fraction of sp³-hybridized carbons (Fsp3) is 0.538. The molecule has 0 aromatic heterocycles. The van der Waals surface area contributed by atoms with Gasteiger partial charge in [-0.25, -0.2) is 8.42 Å². The quantitative estimate of drug-likeness (QED) is 0.849. The van der Waals surface area contributed by atoms with E-state index in [-0.39, 0.29) is 18.4 Å². The van der Waals surface area contributed by atoms with Gasteiger partial charge in [0.1, 0.15) is 24.7 Å². The molecule has 0 radical (unpaired) electrons. The van der Waals surface area contributed by atoms with Gasteiger partial charge in [-0.2, -0.15) is 0 Å². The summed E-state index contributed by atoms with van der Waals surface area (Å²) in [6, 6.07) is 5.85. The number of hydrogen-bond acceptors (Lipinski definition) is 5. The van der Waals surface area contributed by atoms with Crippen LogP contribution in [0.15, 0.2) is 18.2 Å². The summed E-state index contributed by atoms with van der Waals surface area (Å²) in [5, 5.41) is 3.34. The lowest BCUT2D eigenvalue weighted by Gasteiger charge is -2.10. The maximum Gasteiger partial charge on any atom is 0.150 e. The van der Waals surface area contributed by atoms with Crippen molar-refractivity contribution in [2.24, 2.45) is 0 Å². The Kier molecular flexibility index (Phi) is 4.31. The zero-order valence-corrected chi connectivity index (χ0v) is 12.0. The molecule has 2 rings (SSSR count). The van der Waals surface area contributed by atoms with Gasteiger partial charge < -0.3 is 14.8 Å². The lowest BCUT2D eigenvalue weighted by molar-refractivity contribution is 0.309. The van der Waals surface area contributed by atoms with Gasteiger partial charge in [-0.3, -0.25) is 0 Å². The zero-order chi connectivity index (χ0) is 13.9. The molecule has 19 heavy (non-hydrogen) atoms. The summed E-state index contributed by atoms with van der Waals surface area (Å²) in [4.78, 5) is 0. The van der Waals surface area contributed by atoms with Crippen molar-refractivity contribution < 1.29 is 17.9 Å². The van der Waals surface area contributed by atoms with E-state index in [1.165, 1.54) is 6.26 Å². The first-order valence-corrected chi connectivity index (χ1v) is 8.36. The lowest BCUT2D eigenvalue weighted by Crippen LogP contribution is -2.21. The monoisotopic (exact) mass is 285 g/mol. The third-order valence-electron chi connectivity index (χ3n) is 2.94. The third-order valence-corrected chi connectivity index (χ3v) is 3.85. The first-order valence-electron chi connectivity index (χ1n) is 6.30. The molecule has 6 heteroatoms. The van der Waals surface area contributed by atoms with Gasteiger partial charge >= 0.3 is 0 Å². The van der Waals surface area contributed by atoms with Crippen LogP contribution < -0.4 is 14.8 Å². The Morgan fingerprint density at radius 1 is 1.47 bits per heavy atom. The van der Waals surface area contributed by atoms with Gasteiger partial charge in [0, 0.05) is 17.9 Å². The van der Waals surface area contributed by atoms with Crippen molar-refractivity contribution in [3.8, 4) is 11.5 Å². The van der Waals surface area contributed by atoms with E-state index >= 15 is 0 Å². The molecule has 1 N–H and O–H groups in total. The molecule has 0 saturated carbocycles. The molecule has 0 saturated heterocycles. The van der Waals surface area contributed by atoms with Crippen LogP contribution in [0.25, 0.3) is 0 Å². The fourth-order valence-electron chi connectivity index (χ4n) is 2.01. The first kappa shape index (κ1) is 14.1. The first-order chi connectivity index (χ1) is 8.99. The van der Waals surface area contributed by atoms with Crippen LogP contribution in [0.5, 0.6) is 11.5 Å². The smallest absolute Gasteiger partial charge is 0.150 e. The van der Waals surface area contributed by atoms with Crippen LogP contribution in [0.1, 0.15) is 18.5 Å². The highest BCUT2D eigenvalue weighted by Gasteiger charge is 2.23. The minimum atomic E-state index is -2.99. The molecule has 0 spiro atoms. The second-order valence-corrected chi connectivity index (χ2v) is 6.86. The molecular formula is C13H19NO4S. The SMILES string of the molecule is CCNC1COc2cc(OCCS(C)(=O)=O)ccc21. The second-order valence-electron chi connectivity index (χ2n) is 4.60. The van der Waals surface area contributed by atoms with Crippen LogP contribution in [0.4, 0.5) is 0 Å². The van der Waals surface area contributed by atoms with E-state index in [1.807, 2.05) is 18.2 Å². The summed E-state index contributed by atoms with van der Waals surface area (Å²) < 4.78 is 33.0. The zero-order valence-electron chi connectivity index (χ0n) is 11.2. The van der Waals surface area contributed by atoms with Gasteiger partial charge in [0.15, 0.2) is 9.84 Å².